The minimum atomic E-state index is -0.900. The Morgan fingerprint density at radius 1 is 1.19 bits per heavy atom. The summed E-state index contributed by atoms with van der Waals surface area (Å²) in [6.45, 7) is 17.8. The maximum Gasteiger partial charge on any atom is 0.299 e. The summed E-state index contributed by atoms with van der Waals surface area (Å²) < 4.78 is 6.09. The van der Waals surface area contributed by atoms with E-state index in [-0.39, 0.29) is 22.1 Å². The van der Waals surface area contributed by atoms with E-state index in [1.807, 2.05) is 0 Å². The van der Waals surface area contributed by atoms with Crippen molar-refractivity contribution < 1.29 is 14.0 Å². The van der Waals surface area contributed by atoms with E-state index in [1.54, 1.807) is 12.1 Å². The highest BCUT2D eigenvalue weighted by molar-refractivity contribution is 6.55. The Morgan fingerprint density at radius 2 is 1.84 bits per heavy atom. The molecule has 0 saturated heterocycles. The average molecular weight is 462 g/mol. The highest BCUT2D eigenvalue weighted by atomic mass is 35.5. The van der Waals surface area contributed by atoms with Gasteiger partial charge in [-0.1, -0.05) is 58.1 Å². The number of hydrogen-bond acceptors (Lipinski definition) is 4. The smallest absolute Gasteiger partial charge is 0.299 e. The Morgan fingerprint density at radius 3 is 2.39 bits per heavy atom. The molecule has 1 aromatic carbocycles. The van der Waals surface area contributed by atoms with Crippen molar-refractivity contribution in [3.63, 3.8) is 0 Å². The summed E-state index contributed by atoms with van der Waals surface area (Å²) in [5.41, 5.74) is 1.61. The molecule has 2 rings (SSSR count). The van der Waals surface area contributed by atoms with Gasteiger partial charge in [0.2, 0.25) is 9.04 Å². The number of amides is 1. The number of ketones is 1. The van der Waals surface area contributed by atoms with Crippen LogP contribution in [0.3, 0.4) is 0 Å². The van der Waals surface area contributed by atoms with Gasteiger partial charge in [0.15, 0.2) is 0 Å². The molecule has 1 unspecified atom stereocenters. The van der Waals surface area contributed by atoms with Crippen LogP contribution in [0, 0.1) is 17.3 Å². The number of Topliss-reactive ketones (excluding diaryl/α,β-unsaturated/α-hetero) is 1. The lowest BCUT2D eigenvalue weighted by atomic mass is 9.89. The third-order valence-electron chi connectivity index (χ3n) is 5.11. The fraction of sp³-hybridized carbons (Fsp3) is 0.583. The van der Waals surface area contributed by atoms with Crippen LogP contribution in [0.5, 0.6) is 0 Å². The molecule has 31 heavy (non-hydrogen) atoms. The van der Waals surface area contributed by atoms with Crippen LogP contribution in [0.25, 0.3) is 0 Å². The molecule has 1 heterocycles. The molecule has 0 aromatic heterocycles. The third-order valence-corrected chi connectivity index (χ3v) is 6.17. The highest BCUT2D eigenvalue weighted by Crippen LogP contribution is 2.35. The SMILES string of the molecule is CCN(CC)CCN1C(=O)C(=O)c2c(Cl)cc(C#CC(CC(C)(C)C)O[Si](C)C)cc21. The second-order valence-electron chi connectivity index (χ2n) is 9.21. The average Bonchev–Trinajstić information content (AvgIpc) is 2.90. The number of rotatable bonds is 8. The van der Waals surface area contributed by atoms with Crippen LogP contribution in [0.2, 0.25) is 18.1 Å². The van der Waals surface area contributed by atoms with Crippen LogP contribution in [-0.4, -0.2) is 57.9 Å². The third kappa shape index (κ3) is 6.91. The van der Waals surface area contributed by atoms with Gasteiger partial charge in [-0.05, 0) is 50.2 Å². The van der Waals surface area contributed by atoms with Gasteiger partial charge >= 0.3 is 0 Å². The van der Waals surface area contributed by atoms with E-state index < -0.39 is 20.7 Å². The number of carbonyl (C=O) groups is 2. The van der Waals surface area contributed by atoms with Gasteiger partial charge < -0.3 is 14.2 Å². The van der Waals surface area contributed by atoms with E-state index in [1.165, 1.54) is 4.90 Å². The normalized spacial score (nSPS) is 14.8. The number of anilines is 1. The molecule has 1 aliphatic heterocycles. The summed E-state index contributed by atoms with van der Waals surface area (Å²) in [7, 11) is -0.900. The number of nitrogens with zero attached hydrogens (tertiary/aromatic N) is 2. The fourth-order valence-corrected chi connectivity index (χ4v) is 4.58. The summed E-state index contributed by atoms with van der Waals surface area (Å²) in [6.07, 6.45) is 0.652. The number of fused-ring (bicyclic) bond motifs is 1. The van der Waals surface area contributed by atoms with E-state index >= 15 is 0 Å². The van der Waals surface area contributed by atoms with Crippen molar-refractivity contribution >= 4 is 38.0 Å². The monoisotopic (exact) mass is 461 g/mol. The quantitative estimate of drug-likeness (QED) is 0.321. The molecule has 0 aliphatic carbocycles. The van der Waals surface area contributed by atoms with Crippen molar-refractivity contribution in [3.05, 3.63) is 28.3 Å². The molecule has 1 aromatic rings. The lowest BCUT2D eigenvalue weighted by molar-refractivity contribution is -0.114. The lowest BCUT2D eigenvalue weighted by Gasteiger charge is -2.24. The molecule has 169 valence electrons. The van der Waals surface area contributed by atoms with E-state index in [9.17, 15) is 9.59 Å². The molecule has 5 nitrogen and oxygen atoms in total. The van der Waals surface area contributed by atoms with Crippen molar-refractivity contribution in [1.82, 2.24) is 4.90 Å². The summed E-state index contributed by atoms with van der Waals surface area (Å²) in [4.78, 5) is 28.9. The summed E-state index contributed by atoms with van der Waals surface area (Å²) in [6, 6.07) is 3.47. The van der Waals surface area contributed by atoms with Gasteiger partial charge in [-0.15, -0.1) is 0 Å². The second kappa shape index (κ2) is 10.8. The second-order valence-corrected chi connectivity index (χ2v) is 11.7. The van der Waals surface area contributed by atoms with E-state index in [0.717, 1.165) is 19.5 Å². The molecule has 1 amide bonds. The summed E-state index contributed by atoms with van der Waals surface area (Å²) in [5, 5.41) is 0.273. The van der Waals surface area contributed by atoms with Gasteiger partial charge in [-0.25, -0.2) is 0 Å². The largest absolute Gasteiger partial charge is 0.404 e. The minimum absolute atomic E-state index is 0.0896. The highest BCUT2D eigenvalue weighted by Gasteiger charge is 2.37. The Labute approximate surface area is 193 Å². The molecule has 1 atom stereocenters. The molecule has 1 radical (unpaired) electrons. The number of benzene rings is 1. The van der Waals surface area contributed by atoms with Crippen LogP contribution in [0.1, 0.15) is 57.0 Å². The molecule has 0 fully saturated rings. The molecular weight excluding hydrogens is 428 g/mol. The molecule has 0 bridgehead atoms. The Bertz CT molecular complexity index is 879. The Hall–Kier alpha value is -1.65. The predicted octanol–water partition coefficient (Wildman–Crippen LogP) is 4.64. The van der Waals surface area contributed by atoms with E-state index in [4.69, 9.17) is 16.0 Å². The fourth-order valence-electron chi connectivity index (χ4n) is 3.57. The Kier molecular flexibility index (Phi) is 8.90. The van der Waals surface area contributed by atoms with Crippen LogP contribution >= 0.6 is 11.6 Å². The molecule has 0 N–H and O–H groups in total. The van der Waals surface area contributed by atoms with Gasteiger partial charge in [-0.2, -0.15) is 0 Å². The van der Waals surface area contributed by atoms with Crippen molar-refractivity contribution in [2.24, 2.45) is 5.41 Å². The number of halogens is 1. The van der Waals surface area contributed by atoms with Crippen LogP contribution < -0.4 is 4.90 Å². The van der Waals surface area contributed by atoms with Crippen molar-refractivity contribution in [1.29, 1.82) is 0 Å². The zero-order valence-corrected chi connectivity index (χ0v) is 21.5. The first-order chi connectivity index (χ1) is 14.5. The molecular formula is C24H34ClN2O3Si. The predicted molar refractivity (Wildman–Crippen MR) is 129 cm³/mol. The summed E-state index contributed by atoms with van der Waals surface area (Å²) in [5.74, 6) is 5.36. The van der Waals surface area contributed by atoms with Crippen molar-refractivity contribution in [2.75, 3.05) is 31.1 Å². The van der Waals surface area contributed by atoms with Crippen LogP contribution in [0.15, 0.2) is 12.1 Å². The first kappa shape index (κ1) is 25.6. The van der Waals surface area contributed by atoms with Gasteiger partial charge in [0.25, 0.3) is 11.7 Å². The maximum atomic E-state index is 12.6. The van der Waals surface area contributed by atoms with Crippen LogP contribution in [0.4, 0.5) is 5.69 Å². The molecule has 0 spiro atoms. The zero-order valence-electron chi connectivity index (χ0n) is 19.8. The van der Waals surface area contributed by atoms with Gasteiger partial charge in [0.05, 0.1) is 16.3 Å². The standard InChI is InChI=1S/C24H34ClN2O3Si/c1-8-26(9-2)12-13-27-20-15-17(14-19(25)21(20)22(28)23(27)29)10-11-18(30-31(6)7)16-24(3,4)5/h14-15,18H,8-9,12-13,16H2,1-7H3. The molecule has 0 saturated carbocycles. The molecule has 7 heteroatoms. The van der Waals surface area contributed by atoms with Gasteiger partial charge in [0, 0.05) is 18.7 Å². The maximum absolute atomic E-state index is 12.6. The number of likely N-dealkylation sites (N-methyl/N-ethyl adjacent to an activating group) is 1. The van der Waals surface area contributed by atoms with Crippen LogP contribution in [-0.2, 0) is 9.22 Å². The van der Waals surface area contributed by atoms with E-state index in [0.29, 0.717) is 24.3 Å². The topological polar surface area (TPSA) is 49.9 Å². The Balaban J connectivity index is 2.35. The zero-order chi connectivity index (χ0) is 23.3. The van der Waals surface area contributed by atoms with Gasteiger partial charge in [-0.3, -0.25) is 9.59 Å². The number of carbonyl (C=O) groups excluding carboxylic acids is 2. The minimum Gasteiger partial charge on any atom is -0.404 e. The lowest BCUT2D eigenvalue weighted by Crippen LogP contribution is -2.38. The van der Waals surface area contributed by atoms with Crippen molar-refractivity contribution in [3.8, 4) is 11.8 Å². The van der Waals surface area contributed by atoms with Crippen molar-refractivity contribution in [2.45, 2.75) is 60.2 Å². The van der Waals surface area contributed by atoms with E-state index in [2.05, 4.69) is 64.5 Å². The first-order valence-corrected chi connectivity index (χ1v) is 13.7. The molecule has 1 aliphatic rings. The number of hydrogen-bond donors (Lipinski definition) is 0. The summed E-state index contributed by atoms with van der Waals surface area (Å²) >= 11 is 6.42. The van der Waals surface area contributed by atoms with Gasteiger partial charge in [0.1, 0.15) is 6.10 Å². The first-order valence-electron chi connectivity index (χ1n) is 10.9.